The van der Waals surface area contributed by atoms with Crippen LogP contribution in [0.1, 0.15) is 25.8 Å². The van der Waals surface area contributed by atoms with Gasteiger partial charge in [-0.05, 0) is 43.2 Å². The van der Waals surface area contributed by atoms with Crippen LogP contribution in [-0.4, -0.2) is 43.0 Å². The Kier molecular flexibility index (Phi) is 8.45. The number of amides is 2. The summed E-state index contributed by atoms with van der Waals surface area (Å²) in [6, 6.07) is 12.5. The second-order valence-corrected chi connectivity index (χ2v) is 6.41. The molecule has 2 aromatic rings. The zero-order valence-electron chi connectivity index (χ0n) is 17.0. The topological polar surface area (TPSA) is 67.9 Å². The summed E-state index contributed by atoms with van der Waals surface area (Å²) in [6.45, 7) is 3.94. The van der Waals surface area contributed by atoms with Gasteiger partial charge >= 0.3 is 0 Å². The third-order valence-electron chi connectivity index (χ3n) is 4.41. The fraction of sp³-hybridized carbons (Fsp3) is 0.364. The summed E-state index contributed by atoms with van der Waals surface area (Å²) in [6.07, 6.45) is 0.432. The summed E-state index contributed by atoms with van der Waals surface area (Å²) in [5, 5.41) is 2.76. The van der Waals surface area contributed by atoms with Crippen molar-refractivity contribution in [3.05, 3.63) is 59.9 Å². The molecule has 0 fully saturated rings. The maximum Gasteiger partial charge on any atom is 0.261 e. The lowest BCUT2D eigenvalue weighted by atomic mass is 10.1. The molecule has 0 aliphatic rings. The minimum absolute atomic E-state index is 0.00626. The van der Waals surface area contributed by atoms with E-state index in [1.54, 1.807) is 25.3 Å². The molecule has 0 aliphatic heterocycles. The van der Waals surface area contributed by atoms with Gasteiger partial charge in [-0.15, -0.1) is 0 Å². The highest BCUT2D eigenvalue weighted by Crippen LogP contribution is 2.19. The molecule has 6 nitrogen and oxygen atoms in total. The number of para-hydroxylation sites is 1. The van der Waals surface area contributed by atoms with Gasteiger partial charge in [-0.25, -0.2) is 4.39 Å². The van der Waals surface area contributed by atoms with Gasteiger partial charge in [-0.3, -0.25) is 9.59 Å². The van der Waals surface area contributed by atoms with E-state index in [-0.39, 0.29) is 24.8 Å². The molecule has 0 radical (unpaired) electrons. The largest absolute Gasteiger partial charge is 0.497 e. The number of likely N-dealkylation sites (N-methyl/N-ethyl adjacent to an activating group) is 1. The Morgan fingerprint density at radius 2 is 1.90 bits per heavy atom. The third-order valence-corrected chi connectivity index (χ3v) is 4.41. The summed E-state index contributed by atoms with van der Waals surface area (Å²) in [5.41, 5.74) is 0.811. The Balaban J connectivity index is 2.23. The number of nitrogens with one attached hydrogen (secondary N) is 1. The van der Waals surface area contributed by atoms with Crippen molar-refractivity contribution in [2.24, 2.45) is 0 Å². The first-order chi connectivity index (χ1) is 14.0. The van der Waals surface area contributed by atoms with Crippen LogP contribution < -0.4 is 14.8 Å². The number of benzene rings is 2. The van der Waals surface area contributed by atoms with E-state index in [9.17, 15) is 14.0 Å². The number of hydrogen-bond donors (Lipinski definition) is 1. The van der Waals surface area contributed by atoms with Crippen LogP contribution in [0.5, 0.6) is 11.5 Å². The van der Waals surface area contributed by atoms with Gasteiger partial charge in [-0.2, -0.15) is 0 Å². The van der Waals surface area contributed by atoms with Crippen LogP contribution in [-0.2, 0) is 16.1 Å². The summed E-state index contributed by atoms with van der Waals surface area (Å²) >= 11 is 0. The Hall–Kier alpha value is -3.09. The molecule has 2 rings (SSSR count). The average molecular weight is 402 g/mol. The van der Waals surface area contributed by atoms with Gasteiger partial charge < -0.3 is 19.7 Å². The number of rotatable bonds is 10. The van der Waals surface area contributed by atoms with Crippen molar-refractivity contribution in [2.75, 3.05) is 20.3 Å². The SMILES string of the molecule is CCNC(=O)[C@@H](CC)N(Cc1cccc(OC)c1)C(=O)COc1ccccc1F. The maximum atomic E-state index is 13.8. The first-order valence-electron chi connectivity index (χ1n) is 9.57. The molecule has 156 valence electrons. The molecule has 7 heteroatoms. The first-order valence-corrected chi connectivity index (χ1v) is 9.57. The number of methoxy groups -OCH3 is 1. The lowest BCUT2D eigenvalue weighted by molar-refractivity contribution is -0.143. The van der Waals surface area contributed by atoms with Crippen molar-refractivity contribution < 1.29 is 23.5 Å². The molecule has 0 bridgehead atoms. The second-order valence-electron chi connectivity index (χ2n) is 6.41. The molecule has 0 saturated heterocycles. The maximum absolute atomic E-state index is 13.8. The van der Waals surface area contributed by atoms with Gasteiger partial charge in [0.15, 0.2) is 18.2 Å². The zero-order chi connectivity index (χ0) is 21.2. The van der Waals surface area contributed by atoms with Gasteiger partial charge in [0.05, 0.1) is 7.11 Å². The van der Waals surface area contributed by atoms with Crippen LogP contribution in [0.2, 0.25) is 0 Å². The number of halogens is 1. The summed E-state index contributed by atoms with van der Waals surface area (Å²) < 4.78 is 24.4. The number of hydrogen-bond acceptors (Lipinski definition) is 4. The van der Waals surface area contributed by atoms with Crippen molar-refractivity contribution in [1.29, 1.82) is 0 Å². The standard InChI is InChI=1S/C22H27FN2O4/c1-4-19(22(27)24-5-2)25(14-16-9-8-10-17(13-16)28-3)21(26)15-29-20-12-7-6-11-18(20)23/h6-13,19H,4-5,14-15H2,1-3H3,(H,24,27)/t19-/m1/s1. The second kappa shape index (κ2) is 11.0. The number of ether oxygens (including phenoxy) is 2. The van der Waals surface area contributed by atoms with Crippen LogP contribution >= 0.6 is 0 Å². The Labute approximate surface area is 170 Å². The summed E-state index contributed by atoms with van der Waals surface area (Å²) in [7, 11) is 1.56. The van der Waals surface area contributed by atoms with E-state index in [2.05, 4.69) is 5.32 Å². The quantitative estimate of drug-likeness (QED) is 0.663. The van der Waals surface area contributed by atoms with Gasteiger partial charge in [0.25, 0.3) is 5.91 Å². The first kappa shape index (κ1) is 22.2. The summed E-state index contributed by atoms with van der Waals surface area (Å²) in [4.78, 5) is 27.0. The van der Waals surface area contributed by atoms with Crippen molar-refractivity contribution in [1.82, 2.24) is 10.2 Å². The van der Waals surface area contributed by atoms with Crippen LogP contribution in [0.4, 0.5) is 4.39 Å². The van der Waals surface area contributed by atoms with Crippen LogP contribution in [0, 0.1) is 5.82 Å². The highest BCUT2D eigenvalue weighted by molar-refractivity contribution is 5.88. The molecule has 2 aromatic carbocycles. The van der Waals surface area contributed by atoms with Gasteiger partial charge in [0, 0.05) is 13.1 Å². The average Bonchev–Trinajstić information content (AvgIpc) is 2.73. The van der Waals surface area contributed by atoms with Crippen LogP contribution in [0.3, 0.4) is 0 Å². The normalized spacial score (nSPS) is 11.4. The van der Waals surface area contributed by atoms with Gasteiger partial charge in [0.2, 0.25) is 5.91 Å². The van der Waals surface area contributed by atoms with Gasteiger partial charge in [0.1, 0.15) is 11.8 Å². The molecule has 0 heterocycles. The van der Waals surface area contributed by atoms with Crippen molar-refractivity contribution >= 4 is 11.8 Å². The summed E-state index contributed by atoms with van der Waals surface area (Å²) in [5.74, 6) is -0.543. The molecule has 0 aromatic heterocycles. The molecule has 0 unspecified atom stereocenters. The molecule has 1 atom stereocenters. The molecule has 0 aliphatic carbocycles. The molecule has 2 amide bonds. The predicted molar refractivity (Wildman–Crippen MR) is 108 cm³/mol. The van der Waals surface area contributed by atoms with E-state index >= 15 is 0 Å². The van der Waals surface area contributed by atoms with Crippen molar-refractivity contribution in [3.63, 3.8) is 0 Å². The number of nitrogens with zero attached hydrogens (tertiary/aromatic N) is 1. The van der Waals surface area contributed by atoms with Crippen LogP contribution in [0.25, 0.3) is 0 Å². The zero-order valence-corrected chi connectivity index (χ0v) is 17.0. The Morgan fingerprint density at radius 3 is 2.55 bits per heavy atom. The van der Waals surface area contributed by atoms with E-state index in [1.807, 2.05) is 32.0 Å². The lowest BCUT2D eigenvalue weighted by Crippen LogP contribution is -2.50. The minimum atomic E-state index is -0.669. The molecular weight excluding hydrogens is 375 g/mol. The lowest BCUT2D eigenvalue weighted by Gasteiger charge is -2.30. The minimum Gasteiger partial charge on any atom is -0.497 e. The van der Waals surface area contributed by atoms with E-state index in [0.29, 0.717) is 18.7 Å². The van der Waals surface area contributed by atoms with E-state index in [0.717, 1.165) is 5.56 Å². The van der Waals surface area contributed by atoms with E-state index < -0.39 is 17.8 Å². The smallest absolute Gasteiger partial charge is 0.261 e. The fourth-order valence-electron chi connectivity index (χ4n) is 2.96. The predicted octanol–water partition coefficient (Wildman–Crippen LogP) is 3.16. The Bertz CT molecular complexity index is 828. The number of carbonyl (C=O) groups excluding carboxylic acids is 2. The fourth-order valence-corrected chi connectivity index (χ4v) is 2.96. The molecule has 29 heavy (non-hydrogen) atoms. The van der Waals surface area contributed by atoms with Crippen molar-refractivity contribution in [2.45, 2.75) is 32.9 Å². The molecule has 1 N–H and O–H groups in total. The monoisotopic (exact) mass is 402 g/mol. The third kappa shape index (κ3) is 6.20. The van der Waals surface area contributed by atoms with E-state index in [4.69, 9.17) is 9.47 Å². The highest BCUT2D eigenvalue weighted by Gasteiger charge is 2.28. The number of carbonyl (C=O) groups is 2. The molecule has 0 spiro atoms. The Morgan fingerprint density at radius 1 is 1.14 bits per heavy atom. The van der Waals surface area contributed by atoms with Gasteiger partial charge in [-0.1, -0.05) is 31.2 Å². The highest BCUT2D eigenvalue weighted by atomic mass is 19.1. The molecule has 0 saturated carbocycles. The van der Waals surface area contributed by atoms with E-state index in [1.165, 1.54) is 17.0 Å². The van der Waals surface area contributed by atoms with Crippen molar-refractivity contribution in [3.8, 4) is 11.5 Å². The van der Waals surface area contributed by atoms with Crippen LogP contribution in [0.15, 0.2) is 48.5 Å². The molecular formula is C22H27FN2O4.